The predicted octanol–water partition coefficient (Wildman–Crippen LogP) is -3.40. The summed E-state index contributed by atoms with van der Waals surface area (Å²) in [5.74, 6) is 0. The van der Waals surface area contributed by atoms with Gasteiger partial charge in [0.1, 0.15) is 0 Å². The van der Waals surface area contributed by atoms with Crippen molar-refractivity contribution in [3.05, 3.63) is 0 Å². The van der Waals surface area contributed by atoms with Gasteiger partial charge < -0.3 is 0 Å². The van der Waals surface area contributed by atoms with E-state index in [1.807, 2.05) is 0 Å². The molecule has 0 saturated carbocycles. The van der Waals surface area contributed by atoms with Crippen molar-refractivity contribution in [3.8, 4) is 0 Å². The van der Waals surface area contributed by atoms with Crippen molar-refractivity contribution in [2.24, 2.45) is 0 Å². The molecule has 0 aliphatic rings. The molecule has 0 unspecified atom stereocenters. The van der Waals surface area contributed by atoms with Crippen LogP contribution in [0.1, 0.15) is 0 Å². The monoisotopic (exact) mass is 168 g/mol. The molecule has 0 N–H and O–H groups in total. The van der Waals surface area contributed by atoms with Crippen molar-refractivity contribution in [1.82, 2.24) is 0 Å². The average Bonchev–Trinajstić information content (AvgIpc) is 0. The summed E-state index contributed by atoms with van der Waals surface area (Å²) < 4.78 is 0. The summed E-state index contributed by atoms with van der Waals surface area (Å²) in [6.07, 6.45) is 0. The fourth-order valence-corrected chi connectivity index (χ4v) is 0. The van der Waals surface area contributed by atoms with E-state index in [9.17, 15) is 0 Å². The number of hydrogen-bond acceptors (Lipinski definition) is 0. The molecule has 0 spiro atoms. The second kappa shape index (κ2) is 15.7. The van der Waals surface area contributed by atoms with Gasteiger partial charge in [-0.05, 0) is 0 Å². The van der Waals surface area contributed by atoms with E-state index < -0.39 is 0 Å². The molecule has 0 atom stereocenters. The third-order valence-electron chi connectivity index (χ3n) is 0. The first kappa shape index (κ1) is 24.0. The van der Waals surface area contributed by atoms with E-state index in [1.165, 1.54) is 0 Å². The van der Waals surface area contributed by atoms with Crippen molar-refractivity contribution in [1.29, 1.82) is 0 Å². The molecule has 4 heavy (non-hydrogen) atoms. The molecule has 0 saturated heterocycles. The van der Waals surface area contributed by atoms with Crippen molar-refractivity contribution in [3.63, 3.8) is 0 Å². The molecule has 0 nitrogen and oxygen atoms in total. The van der Waals surface area contributed by atoms with Crippen molar-refractivity contribution in [2.75, 3.05) is 0 Å². The zero-order chi connectivity index (χ0) is 0. The summed E-state index contributed by atoms with van der Waals surface area (Å²) in [7, 11) is 0. The first-order valence-corrected chi connectivity index (χ1v) is 0. The van der Waals surface area contributed by atoms with Crippen LogP contribution < -0.4 is 0 Å². The zero-order valence-electron chi connectivity index (χ0n) is 0. The van der Waals surface area contributed by atoms with Crippen LogP contribution in [0, 0.1) is 0 Å². The van der Waals surface area contributed by atoms with Crippen LogP contribution >= 0.6 is 0 Å². The molecule has 0 aromatic heterocycles. The van der Waals surface area contributed by atoms with E-state index in [1.54, 1.807) is 0 Å². The summed E-state index contributed by atoms with van der Waals surface area (Å²) in [4.78, 5) is 0. The Hall–Kier alpha value is 4.25. The second-order valence-corrected chi connectivity index (χ2v) is 0. The minimum atomic E-state index is 0. The van der Waals surface area contributed by atoms with Crippen LogP contribution in [0.25, 0.3) is 0 Å². The molecule has 0 aliphatic heterocycles. The summed E-state index contributed by atoms with van der Waals surface area (Å²) in [6.45, 7) is 0. The van der Waals surface area contributed by atoms with Gasteiger partial charge in [-0.25, -0.2) is 0 Å². The second-order valence-electron chi connectivity index (χ2n) is 0. The van der Waals surface area contributed by atoms with Crippen LogP contribution in [-0.4, -0.2) is 133 Å². The van der Waals surface area contributed by atoms with Crippen LogP contribution in [0.15, 0.2) is 0 Å². The van der Waals surface area contributed by atoms with E-state index >= 15 is 0 Å². The van der Waals surface area contributed by atoms with Gasteiger partial charge in [0.2, 0.25) is 0 Å². The van der Waals surface area contributed by atoms with Gasteiger partial charge in [0.25, 0.3) is 0 Å². The fourth-order valence-electron chi connectivity index (χ4n) is 0. The molecule has 0 aliphatic carbocycles. The van der Waals surface area contributed by atoms with E-state index in [0.717, 1.165) is 0 Å². The summed E-state index contributed by atoms with van der Waals surface area (Å²) in [5, 5.41) is 0. The molecule has 0 aromatic carbocycles. The van der Waals surface area contributed by atoms with Gasteiger partial charge in [-0.2, -0.15) is 0 Å². The molecule has 0 heterocycles. The van der Waals surface area contributed by atoms with E-state index in [0.29, 0.717) is 0 Å². The summed E-state index contributed by atoms with van der Waals surface area (Å²) in [5.41, 5.74) is 0. The summed E-state index contributed by atoms with van der Waals surface area (Å²) >= 11 is 0. The Labute approximate surface area is 129 Å². The SMILES string of the molecule is [AlH3].[KH].[LiH].[SrH2]. The van der Waals surface area contributed by atoms with Crippen LogP contribution in [-0.2, 0) is 0 Å². The zero-order valence-corrected chi connectivity index (χ0v) is 0. The average molecular weight is 168 g/mol. The Morgan fingerprint density at radius 2 is 1.00 bits per heavy atom. The number of rotatable bonds is 0. The normalized spacial score (nSPS) is 0. The van der Waals surface area contributed by atoms with Gasteiger partial charge in [-0.15, -0.1) is 0 Å². The van der Waals surface area contributed by atoms with Gasteiger partial charge in [-0.3, -0.25) is 0 Å². The molecule has 0 rings (SSSR count). The summed E-state index contributed by atoms with van der Waals surface area (Å²) in [6, 6.07) is 0. The third kappa shape index (κ3) is 9.54. The molecule has 0 radical (unpaired) electrons. The topological polar surface area (TPSA) is 0 Å². The minimum absolute atomic E-state index is 0. The molecule has 0 fully saturated rings. The standard InChI is InChI=1S/Al.K.Li.Sr.7H. The Morgan fingerprint density at radius 1 is 1.00 bits per heavy atom. The first-order chi connectivity index (χ1) is 0. The van der Waals surface area contributed by atoms with E-state index in [-0.39, 0.29) is 133 Å². The van der Waals surface area contributed by atoms with Gasteiger partial charge in [0.15, 0.2) is 17.4 Å². The Morgan fingerprint density at radius 3 is 1.00 bits per heavy atom. The van der Waals surface area contributed by atoms with E-state index in [2.05, 4.69) is 0 Å². The number of hydrogen-bond donors (Lipinski definition) is 0. The molecular weight excluding hydrogens is 161 g/mol. The molecule has 0 bridgehead atoms. The molecule has 4 heteroatoms. The quantitative estimate of drug-likeness (QED) is 0.330. The molecule has 14 valence electrons. The molecule has 0 amide bonds. The molecular formula is H7AlKLiSr. The van der Waals surface area contributed by atoms with Crippen LogP contribution in [0.3, 0.4) is 0 Å². The van der Waals surface area contributed by atoms with Crippen molar-refractivity contribution >= 4 is 133 Å². The van der Waals surface area contributed by atoms with Gasteiger partial charge in [-0.1, -0.05) is 0 Å². The van der Waals surface area contributed by atoms with Crippen LogP contribution in [0.5, 0.6) is 0 Å². The van der Waals surface area contributed by atoms with Gasteiger partial charge in [0, 0.05) is 0 Å². The molecule has 0 aromatic rings. The van der Waals surface area contributed by atoms with Crippen LogP contribution in [0.4, 0.5) is 0 Å². The van der Waals surface area contributed by atoms with E-state index in [4.69, 9.17) is 0 Å². The Balaban J connectivity index is 0. The van der Waals surface area contributed by atoms with Gasteiger partial charge in [0.05, 0.1) is 0 Å². The predicted molar refractivity (Wildman–Crippen MR) is 32.8 cm³/mol. The fraction of sp³-hybridized carbons (Fsp3) is 0. The maximum atomic E-state index is 0. The van der Waals surface area contributed by atoms with Crippen molar-refractivity contribution in [2.45, 2.75) is 0 Å². The van der Waals surface area contributed by atoms with Crippen molar-refractivity contribution < 1.29 is 0 Å². The Bertz CT molecular complexity index is 8.00. The van der Waals surface area contributed by atoms with Gasteiger partial charge >= 0.3 is 116 Å². The Kier molecular flexibility index (Phi) is 94.1. The van der Waals surface area contributed by atoms with Crippen LogP contribution in [0.2, 0.25) is 0 Å². The third-order valence-corrected chi connectivity index (χ3v) is 0. The maximum absolute atomic E-state index is 0. The first-order valence-electron chi connectivity index (χ1n) is 0.